The van der Waals surface area contributed by atoms with E-state index in [9.17, 15) is 9.59 Å². The average Bonchev–Trinajstić information content (AvgIpc) is 3.14. The predicted molar refractivity (Wildman–Crippen MR) is 152 cm³/mol. The number of amides is 1. The molecule has 4 rings (SSSR count). The van der Waals surface area contributed by atoms with E-state index in [1.807, 2.05) is 50.2 Å². The molecule has 2 aromatic rings. The second-order valence-corrected chi connectivity index (χ2v) is 11.5. The fourth-order valence-corrected chi connectivity index (χ4v) is 5.70. The van der Waals surface area contributed by atoms with Crippen molar-refractivity contribution >= 4 is 11.7 Å². The Kier molecular flexibility index (Phi) is 10.5. The number of nitrogens with one attached hydrogen (secondary N) is 1. The second kappa shape index (κ2) is 14.0. The van der Waals surface area contributed by atoms with E-state index in [1.54, 1.807) is 0 Å². The van der Waals surface area contributed by atoms with Gasteiger partial charge < -0.3 is 20.7 Å². The highest BCUT2D eigenvalue weighted by Gasteiger charge is 2.25. The Morgan fingerprint density at radius 2 is 1.71 bits per heavy atom. The summed E-state index contributed by atoms with van der Waals surface area (Å²) in [6.07, 6.45) is 7.63. The van der Waals surface area contributed by atoms with Gasteiger partial charge in [-0.25, -0.2) is 0 Å². The van der Waals surface area contributed by atoms with Crippen molar-refractivity contribution in [2.45, 2.75) is 77.5 Å². The Morgan fingerprint density at radius 1 is 1.00 bits per heavy atom. The number of nitrogens with two attached hydrogens (primary N) is 1. The number of ether oxygens (including phenoxy) is 1. The minimum Gasteiger partial charge on any atom is -0.375 e. The quantitative estimate of drug-likeness (QED) is 0.426. The molecule has 6 heteroatoms. The van der Waals surface area contributed by atoms with Crippen LogP contribution >= 0.6 is 0 Å². The third kappa shape index (κ3) is 8.23. The molecule has 1 aliphatic carbocycles. The van der Waals surface area contributed by atoms with Crippen LogP contribution in [0.5, 0.6) is 0 Å². The largest absolute Gasteiger partial charge is 0.375 e. The molecule has 1 amide bonds. The molecule has 1 heterocycles. The monoisotopic (exact) mass is 519 g/mol. The number of carbonyl (C=O) groups excluding carboxylic acids is 2. The Balaban J connectivity index is 1.13. The van der Waals surface area contributed by atoms with Crippen molar-refractivity contribution in [1.82, 2.24) is 10.2 Å². The summed E-state index contributed by atoms with van der Waals surface area (Å²) in [7, 11) is 0. The standard InChI is InChI=1S/C32H45N3O3/c1-23(2)31(36)28-11-10-26-15-18-35(19-16-27(26)20-28)17-14-24-8-12-29(13-9-24)34-32(37)30(33)22-38-21-25-6-4-3-5-7-25/h3-7,10-11,20,23-24,29-30H,8-9,12-19,21-22,33H2,1-2H3,(H,34,37)/t24?,29?,30-/m0/s1. The molecule has 0 saturated heterocycles. The van der Waals surface area contributed by atoms with Crippen molar-refractivity contribution in [3.63, 3.8) is 0 Å². The molecule has 1 fully saturated rings. The van der Waals surface area contributed by atoms with Crippen LogP contribution in [0.25, 0.3) is 0 Å². The molecule has 1 saturated carbocycles. The summed E-state index contributed by atoms with van der Waals surface area (Å²) in [5.41, 5.74) is 10.8. The highest BCUT2D eigenvalue weighted by atomic mass is 16.5. The number of ketones is 1. The van der Waals surface area contributed by atoms with Crippen LogP contribution in [0.3, 0.4) is 0 Å². The Bertz CT molecular complexity index is 1050. The van der Waals surface area contributed by atoms with Gasteiger partial charge in [-0.15, -0.1) is 0 Å². The van der Waals surface area contributed by atoms with Gasteiger partial charge in [0.15, 0.2) is 5.78 Å². The minimum atomic E-state index is -0.636. The van der Waals surface area contributed by atoms with Gasteiger partial charge in [-0.05, 0) is 80.2 Å². The highest BCUT2D eigenvalue weighted by Crippen LogP contribution is 2.28. The first kappa shape index (κ1) is 28.5. The van der Waals surface area contributed by atoms with Crippen molar-refractivity contribution in [1.29, 1.82) is 0 Å². The van der Waals surface area contributed by atoms with E-state index in [0.29, 0.717) is 12.5 Å². The van der Waals surface area contributed by atoms with E-state index in [2.05, 4.69) is 22.3 Å². The van der Waals surface area contributed by atoms with Gasteiger partial charge in [0, 0.05) is 30.6 Å². The normalized spacial score (nSPS) is 20.9. The Labute approximate surface area is 228 Å². The fourth-order valence-electron chi connectivity index (χ4n) is 5.70. The molecule has 0 bridgehead atoms. The van der Waals surface area contributed by atoms with E-state index in [0.717, 1.165) is 69.3 Å². The van der Waals surface area contributed by atoms with Gasteiger partial charge in [0.2, 0.25) is 5.91 Å². The number of fused-ring (bicyclic) bond motifs is 1. The topological polar surface area (TPSA) is 84.7 Å². The first-order valence-corrected chi connectivity index (χ1v) is 14.4. The van der Waals surface area contributed by atoms with Gasteiger partial charge >= 0.3 is 0 Å². The number of hydrogen-bond acceptors (Lipinski definition) is 5. The van der Waals surface area contributed by atoms with E-state index >= 15 is 0 Å². The number of carbonyl (C=O) groups is 2. The molecule has 0 aromatic heterocycles. The van der Waals surface area contributed by atoms with E-state index in [1.165, 1.54) is 17.5 Å². The van der Waals surface area contributed by atoms with Gasteiger partial charge in [-0.2, -0.15) is 0 Å². The molecule has 38 heavy (non-hydrogen) atoms. The van der Waals surface area contributed by atoms with Gasteiger partial charge in [0.05, 0.1) is 13.2 Å². The van der Waals surface area contributed by atoms with Crippen molar-refractivity contribution in [2.75, 3.05) is 26.2 Å². The lowest BCUT2D eigenvalue weighted by Crippen LogP contribution is -2.48. The summed E-state index contributed by atoms with van der Waals surface area (Å²) < 4.78 is 5.65. The molecule has 6 nitrogen and oxygen atoms in total. The zero-order valence-electron chi connectivity index (χ0n) is 23.2. The molecule has 0 spiro atoms. The molecular formula is C32H45N3O3. The fraction of sp³-hybridized carbons (Fsp3) is 0.562. The van der Waals surface area contributed by atoms with Crippen LogP contribution in [0, 0.1) is 11.8 Å². The van der Waals surface area contributed by atoms with E-state index in [-0.39, 0.29) is 30.3 Å². The van der Waals surface area contributed by atoms with Crippen molar-refractivity contribution in [3.05, 3.63) is 70.8 Å². The van der Waals surface area contributed by atoms with Gasteiger partial charge in [-0.3, -0.25) is 9.59 Å². The van der Waals surface area contributed by atoms with Crippen LogP contribution in [0.15, 0.2) is 48.5 Å². The number of rotatable bonds is 11. The molecule has 1 atom stereocenters. The van der Waals surface area contributed by atoms with Crippen LogP contribution < -0.4 is 11.1 Å². The third-order valence-electron chi connectivity index (χ3n) is 8.20. The first-order valence-electron chi connectivity index (χ1n) is 14.4. The lowest BCUT2D eigenvalue weighted by molar-refractivity contribution is -0.124. The van der Waals surface area contributed by atoms with Crippen molar-refractivity contribution < 1.29 is 14.3 Å². The lowest BCUT2D eigenvalue weighted by Gasteiger charge is -2.31. The summed E-state index contributed by atoms with van der Waals surface area (Å²) in [6.45, 7) is 7.89. The Morgan fingerprint density at radius 3 is 2.42 bits per heavy atom. The molecule has 0 radical (unpaired) electrons. The average molecular weight is 520 g/mol. The molecule has 2 aliphatic rings. The molecule has 1 aliphatic heterocycles. The van der Waals surface area contributed by atoms with E-state index < -0.39 is 6.04 Å². The third-order valence-corrected chi connectivity index (χ3v) is 8.20. The van der Waals surface area contributed by atoms with Crippen LogP contribution in [-0.2, 0) is 29.0 Å². The highest BCUT2D eigenvalue weighted by molar-refractivity contribution is 5.97. The lowest BCUT2D eigenvalue weighted by atomic mass is 9.84. The zero-order chi connectivity index (χ0) is 26.9. The predicted octanol–water partition coefficient (Wildman–Crippen LogP) is 4.54. The zero-order valence-corrected chi connectivity index (χ0v) is 23.2. The van der Waals surface area contributed by atoms with Gasteiger partial charge in [-0.1, -0.05) is 56.3 Å². The molecule has 0 unspecified atom stereocenters. The molecule has 2 aromatic carbocycles. The summed E-state index contributed by atoms with van der Waals surface area (Å²) in [5, 5.41) is 3.15. The van der Waals surface area contributed by atoms with Crippen LogP contribution in [0.2, 0.25) is 0 Å². The number of hydrogen-bond donors (Lipinski definition) is 2. The number of nitrogens with zero attached hydrogens (tertiary/aromatic N) is 1. The van der Waals surface area contributed by atoms with Crippen molar-refractivity contribution in [3.8, 4) is 0 Å². The smallest absolute Gasteiger partial charge is 0.239 e. The number of Topliss-reactive ketones (excluding diaryl/α,β-unsaturated/α-hetero) is 1. The SMILES string of the molecule is CC(C)C(=O)c1ccc2c(c1)CCN(CCC1CCC(NC(=O)[C@@H](N)COCc3ccccc3)CC1)CC2. The second-order valence-electron chi connectivity index (χ2n) is 11.5. The van der Waals surface area contributed by atoms with Crippen LogP contribution in [0.1, 0.15) is 73.0 Å². The maximum atomic E-state index is 12.5. The summed E-state index contributed by atoms with van der Waals surface area (Å²) in [4.78, 5) is 27.6. The van der Waals surface area contributed by atoms with Gasteiger partial charge in [0.25, 0.3) is 0 Å². The minimum absolute atomic E-state index is 0.0365. The molecular weight excluding hydrogens is 474 g/mol. The van der Waals surface area contributed by atoms with Crippen LogP contribution in [0.4, 0.5) is 0 Å². The summed E-state index contributed by atoms with van der Waals surface area (Å²) >= 11 is 0. The van der Waals surface area contributed by atoms with Crippen molar-refractivity contribution in [2.24, 2.45) is 17.6 Å². The number of benzene rings is 2. The Hall–Kier alpha value is -2.54. The molecule has 206 valence electrons. The summed E-state index contributed by atoms with van der Waals surface area (Å²) in [6, 6.07) is 15.8. The molecule has 3 N–H and O–H groups in total. The van der Waals surface area contributed by atoms with E-state index in [4.69, 9.17) is 10.5 Å². The first-order chi connectivity index (χ1) is 18.4. The van der Waals surface area contributed by atoms with Gasteiger partial charge in [0.1, 0.15) is 6.04 Å². The van der Waals surface area contributed by atoms with Crippen LogP contribution in [-0.4, -0.2) is 54.9 Å². The summed E-state index contributed by atoms with van der Waals surface area (Å²) in [5.74, 6) is 0.879. The maximum absolute atomic E-state index is 12.5. The maximum Gasteiger partial charge on any atom is 0.239 e.